The molecule has 0 spiro atoms. The maximum atomic E-state index is 5.76. The molecule has 3 rings (SSSR count). The highest BCUT2D eigenvalue weighted by molar-refractivity contribution is 5.79. The summed E-state index contributed by atoms with van der Waals surface area (Å²) < 4.78 is 5.57. The molecule has 1 fully saturated rings. The molecule has 2 heterocycles. The fourth-order valence-electron chi connectivity index (χ4n) is 2.82. The monoisotopic (exact) mass is 257 g/mol. The summed E-state index contributed by atoms with van der Waals surface area (Å²) in [7, 11) is 0. The Bertz CT molecular complexity index is 552. The molecule has 100 valence electrons. The molecule has 0 aliphatic carbocycles. The van der Waals surface area contributed by atoms with Gasteiger partial charge in [0.05, 0.1) is 18.2 Å². The lowest BCUT2D eigenvalue weighted by atomic mass is 9.88. The average molecular weight is 257 g/mol. The predicted molar refractivity (Wildman–Crippen MR) is 75.4 cm³/mol. The largest absolute Gasteiger partial charge is 0.381 e. The lowest BCUT2D eigenvalue weighted by Gasteiger charge is -2.30. The van der Waals surface area contributed by atoms with E-state index in [1.54, 1.807) is 0 Å². The lowest BCUT2D eigenvalue weighted by molar-refractivity contribution is 0.0390. The molecule has 1 aromatic heterocycles. The van der Waals surface area contributed by atoms with Crippen molar-refractivity contribution >= 4 is 10.9 Å². The standard InChI is InChI=1S/C15H19N3O/c16-18-15(13-4-2-8-19-10-13)12-5-6-14-11(9-12)3-1-7-17-14/h1,3,5-7,9,13,15,18H,2,4,8,10,16H2. The van der Waals surface area contributed by atoms with E-state index in [1.165, 1.54) is 5.56 Å². The maximum Gasteiger partial charge on any atom is 0.0702 e. The van der Waals surface area contributed by atoms with E-state index < -0.39 is 0 Å². The van der Waals surface area contributed by atoms with E-state index in [0.29, 0.717) is 5.92 Å². The van der Waals surface area contributed by atoms with Crippen LogP contribution in [0.2, 0.25) is 0 Å². The van der Waals surface area contributed by atoms with Crippen LogP contribution in [0.4, 0.5) is 0 Å². The van der Waals surface area contributed by atoms with Crippen molar-refractivity contribution < 1.29 is 4.74 Å². The van der Waals surface area contributed by atoms with Crippen LogP contribution in [-0.4, -0.2) is 18.2 Å². The third kappa shape index (κ3) is 2.61. The van der Waals surface area contributed by atoms with Crippen LogP contribution in [0.5, 0.6) is 0 Å². The van der Waals surface area contributed by atoms with Crippen molar-refractivity contribution in [2.45, 2.75) is 18.9 Å². The van der Waals surface area contributed by atoms with Crippen molar-refractivity contribution in [3.05, 3.63) is 42.1 Å². The van der Waals surface area contributed by atoms with Gasteiger partial charge in [0.1, 0.15) is 0 Å². The van der Waals surface area contributed by atoms with Crippen LogP contribution in [0, 0.1) is 5.92 Å². The second-order valence-electron chi connectivity index (χ2n) is 5.08. The summed E-state index contributed by atoms with van der Waals surface area (Å²) in [5, 5.41) is 1.15. The SMILES string of the molecule is NNC(c1ccc2ncccc2c1)C1CCCOC1. The molecule has 0 saturated carbocycles. The molecule has 4 heteroatoms. The van der Waals surface area contributed by atoms with Crippen molar-refractivity contribution in [3.8, 4) is 0 Å². The number of benzene rings is 1. The molecular weight excluding hydrogens is 238 g/mol. The Hall–Kier alpha value is -1.49. The molecule has 0 radical (unpaired) electrons. The molecule has 4 nitrogen and oxygen atoms in total. The van der Waals surface area contributed by atoms with Gasteiger partial charge in [-0.25, -0.2) is 0 Å². The van der Waals surface area contributed by atoms with Gasteiger partial charge in [-0.3, -0.25) is 16.3 Å². The molecule has 3 N–H and O–H groups in total. The number of rotatable bonds is 3. The van der Waals surface area contributed by atoms with E-state index in [0.717, 1.165) is 37.0 Å². The van der Waals surface area contributed by atoms with E-state index in [1.807, 2.05) is 12.3 Å². The van der Waals surface area contributed by atoms with Crippen molar-refractivity contribution in [2.75, 3.05) is 13.2 Å². The first kappa shape index (κ1) is 12.5. The lowest BCUT2D eigenvalue weighted by Crippen LogP contribution is -2.37. The van der Waals surface area contributed by atoms with Crippen LogP contribution in [0.1, 0.15) is 24.4 Å². The van der Waals surface area contributed by atoms with Crippen LogP contribution < -0.4 is 11.3 Å². The normalized spacial score (nSPS) is 21.4. The minimum atomic E-state index is 0.143. The first-order valence-electron chi connectivity index (χ1n) is 6.77. The summed E-state index contributed by atoms with van der Waals surface area (Å²) in [5.41, 5.74) is 5.17. The molecule has 19 heavy (non-hydrogen) atoms. The molecule has 0 bridgehead atoms. The highest BCUT2D eigenvalue weighted by Crippen LogP contribution is 2.29. The Morgan fingerprint density at radius 3 is 3.11 bits per heavy atom. The molecule has 1 saturated heterocycles. The van der Waals surface area contributed by atoms with Crippen molar-refractivity contribution in [1.82, 2.24) is 10.4 Å². The second kappa shape index (κ2) is 5.65. The Morgan fingerprint density at radius 2 is 2.32 bits per heavy atom. The summed E-state index contributed by atoms with van der Waals surface area (Å²) in [4.78, 5) is 4.34. The first-order chi connectivity index (χ1) is 9.38. The van der Waals surface area contributed by atoms with Gasteiger partial charge in [-0.1, -0.05) is 12.1 Å². The summed E-state index contributed by atoms with van der Waals surface area (Å²) in [6, 6.07) is 10.5. The number of nitrogens with two attached hydrogens (primary N) is 1. The highest BCUT2D eigenvalue weighted by Gasteiger charge is 2.24. The minimum absolute atomic E-state index is 0.143. The summed E-state index contributed by atoms with van der Waals surface area (Å²) in [5.74, 6) is 6.20. The Kier molecular flexibility index (Phi) is 3.73. The van der Waals surface area contributed by atoms with Crippen LogP contribution in [0.3, 0.4) is 0 Å². The van der Waals surface area contributed by atoms with Gasteiger partial charge in [0.15, 0.2) is 0 Å². The van der Waals surface area contributed by atoms with E-state index in [4.69, 9.17) is 10.6 Å². The number of nitrogens with zero attached hydrogens (tertiary/aromatic N) is 1. The zero-order valence-electron chi connectivity index (χ0n) is 10.9. The number of hydrogen-bond acceptors (Lipinski definition) is 4. The van der Waals surface area contributed by atoms with Crippen molar-refractivity contribution in [1.29, 1.82) is 0 Å². The predicted octanol–water partition coefficient (Wildman–Crippen LogP) is 2.17. The Labute approximate surface area is 112 Å². The van der Waals surface area contributed by atoms with E-state index >= 15 is 0 Å². The quantitative estimate of drug-likeness (QED) is 0.653. The average Bonchev–Trinajstić information content (AvgIpc) is 2.49. The third-order valence-corrected chi connectivity index (χ3v) is 3.83. The summed E-state index contributed by atoms with van der Waals surface area (Å²) in [6.07, 6.45) is 4.08. The zero-order chi connectivity index (χ0) is 13.1. The number of aromatic nitrogens is 1. The zero-order valence-corrected chi connectivity index (χ0v) is 10.9. The second-order valence-corrected chi connectivity index (χ2v) is 5.08. The number of pyridine rings is 1. The number of ether oxygens (including phenoxy) is 1. The molecule has 0 amide bonds. The molecular formula is C15H19N3O. The number of fused-ring (bicyclic) bond motifs is 1. The molecule has 2 unspecified atom stereocenters. The van der Waals surface area contributed by atoms with Gasteiger partial charge in [0, 0.05) is 24.1 Å². The van der Waals surface area contributed by atoms with Gasteiger partial charge in [-0.05, 0) is 36.6 Å². The maximum absolute atomic E-state index is 5.76. The van der Waals surface area contributed by atoms with Crippen LogP contribution in [-0.2, 0) is 4.74 Å². The van der Waals surface area contributed by atoms with E-state index in [9.17, 15) is 0 Å². The molecule has 2 aromatic rings. The van der Waals surface area contributed by atoms with Gasteiger partial charge in [-0.2, -0.15) is 0 Å². The van der Waals surface area contributed by atoms with Gasteiger partial charge in [-0.15, -0.1) is 0 Å². The Morgan fingerprint density at radius 1 is 1.37 bits per heavy atom. The molecule has 1 aliphatic rings. The fourth-order valence-corrected chi connectivity index (χ4v) is 2.82. The van der Waals surface area contributed by atoms with Crippen LogP contribution in [0.15, 0.2) is 36.5 Å². The summed E-state index contributed by atoms with van der Waals surface area (Å²) in [6.45, 7) is 1.65. The molecule has 1 aliphatic heterocycles. The van der Waals surface area contributed by atoms with Crippen molar-refractivity contribution in [3.63, 3.8) is 0 Å². The van der Waals surface area contributed by atoms with Crippen molar-refractivity contribution in [2.24, 2.45) is 11.8 Å². The van der Waals surface area contributed by atoms with Crippen LogP contribution >= 0.6 is 0 Å². The smallest absolute Gasteiger partial charge is 0.0702 e. The molecule has 2 atom stereocenters. The third-order valence-electron chi connectivity index (χ3n) is 3.83. The summed E-state index contributed by atoms with van der Waals surface area (Å²) >= 11 is 0. The highest BCUT2D eigenvalue weighted by atomic mass is 16.5. The molecule has 1 aromatic carbocycles. The van der Waals surface area contributed by atoms with Gasteiger partial charge in [0.2, 0.25) is 0 Å². The fraction of sp³-hybridized carbons (Fsp3) is 0.400. The van der Waals surface area contributed by atoms with Gasteiger partial charge >= 0.3 is 0 Å². The van der Waals surface area contributed by atoms with Gasteiger partial charge in [0.25, 0.3) is 0 Å². The number of hydrogen-bond donors (Lipinski definition) is 2. The van der Waals surface area contributed by atoms with Crippen LogP contribution in [0.25, 0.3) is 10.9 Å². The topological polar surface area (TPSA) is 60.2 Å². The minimum Gasteiger partial charge on any atom is -0.381 e. The Balaban J connectivity index is 1.91. The van der Waals surface area contributed by atoms with Gasteiger partial charge < -0.3 is 4.74 Å². The van der Waals surface area contributed by atoms with E-state index in [2.05, 4.69) is 34.7 Å². The number of hydrazine groups is 1. The number of nitrogens with one attached hydrogen (secondary N) is 1. The first-order valence-corrected chi connectivity index (χ1v) is 6.77. The van der Waals surface area contributed by atoms with E-state index in [-0.39, 0.29) is 6.04 Å².